The van der Waals surface area contributed by atoms with E-state index >= 15 is 0 Å². The van der Waals surface area contributed by atoms with Crippen molar-refractivity contribution < 1.29 is 24.6 Å². The first-order chi connectivity index (χ1) is 9.38. The average molecular weight is 277 g/mol. The molecule has 1 rings (SSSR count). The van der Waals surface area contributed by atoms with Gasteiger partial charge in [-0.2, -0.15) is 0 Å². The molecule has 106 valence electrons. The van der Waals surface area contributed by atoms with Crippen LogP contribution in [-0.4, -0.2) is 34.1 Å². The highest BCUT2D eigenvalue weighted by Crippen LogP contribution is 2.04. The zero-order valence-corrected chi connectivity index (χ0v) is 10.9. The summed E-state index contributed by atoms with van der Waals surface area (Å²) in [4.78, 5) is 32.8. The summed E-state index contributed by atoms with van der Waals surface area (Å²) in [6.07, 6.45) is 2.02. The number of rotatable bonds is 6. The molecule has 6 heteroatoms. The second kappa shape index (κ2) is 7.08. The lowest BCUT2D eigenvalue weighted by Crippen LogP contribution is -2.41. The maximum absolute atomic E-state index is 11.5. The summed E-state index contributed by atoms with van der Waals surface area (Å²) >= 11 is 0. The smallest absolute Gasteiger partial charge is 0.326 e. The number of aryl methyl sites for hydroxylation is 1. The Hall–Kier alpha value is -2.63. The molecule has 0 spiro atoms. The Labute approximate surface area is 115 Å². The van der Waals surface area contributed by atoms with Gasteiger partial charge in [-0.15, -0.1) is 0 Å². The zero-order valence-electron chi connectivity index (χ0n) is 10.9. The largest absolute Gasteiger partial charge is 0.481 e. The number of nitrogens with one attached hydrogen (secondary N) is 1. The molecular formula is C14H15NO5. The topological polar surface area (TPSA) is 104 Å². The maximum Gasteiger partial charge on any atom is 0.326 e. The molecule has 0 aliphatic heterocycles. The first-order valence-corrected chi connectivity index (χ1v) is 5.88. The van der Waals surface area contributed by atoms with Gasteiger partial charge in [-0.25, -0.2) is 4.79 Å². The van der Waals surface area contributed by atoms with Crippen LogP contribution in [0.1, 0.15) is 17.5 Å². The molecule has 1 atom stereocenters. The minimum atomic E-state index is -1.44. The average Bonchev–Trinajstić information content (AvgIpc) is 2.36. The van der Waals surface area contributed by atoms with E-state index in [2.05, 4.69) is 5.32 Å². The van der Waals surface area contributed by atoms with Crippen LogP contribution in [0.3, 0.4) is 0 Å². The van der Waals surface area contributed by atoms with Crippen LogP contribution in [0, 0.1) is 6.92 Å². The lowest BCUT2D eigenvalue weighted by molar-refractivity contribution is -0.146. The SMILES string of the molecule is Cc1ccc(/C=C/C(=O)N[C@@H](CC(=O)O)C(=O)O)cc1. The third kappa shape index (κ3) is 5.34. The molecule has 0 radical (unpaired) electrons. The van der Waals surface area contributed by atoms with Crippen LogP contribution in [0.15, 0.2) is 30.3 Å². The summed E-state index contributed by atoms with van der Waals surface area (Å²) in [6, 6.07) is 5.93. The van der Waals surface area contributed by atoms with Gasteiger partial charge in [0.15, 0.2) is 0 Å². The van der Waals surface area contributed by atoms with Crippen LogP contribution in [0.5, 0.6) is 0 Å². The van der Waals surface area contributed by atoms with E-state index in [1.165, 1.54) is 12.2 Å². The molecule has 1 amide bonds. The molecule has 0 heterocycles. The van der Waals surface area contributed by atoms with Gasteiger partial charge in [0.2, 0.25) is 5.91 Å². The van der Waals surface area contributed by atoms with Crippen molar-refractivity contribution in [3.8, 4) is 0 Å². The highest BCUT2D eigenvalue weighted by Gasteiger charge is 2.21. The van der Waals surface area contributed by atoms with E-state index in [1.54, 1.807) is 0 Å². The molecule has 0 fully saturated rings. The van der Waals surface area contributed by atoms with Gasteiger partial charge in [0.1, 0.15) is 6.04 Å². The number of carboxylic acid groups (broad SMARTS) is 2. The first kappa shape index (κ1) is 15.4. The summed E-state index contributed by atoms with van der Waals surface area (Å²) in [5.74, 6) is -3.33. The molecule has 0 aromatic heterocycles. The molecule has 0 aliphatic carbocycles. The van der Waals surface area contributed by atoms with Gasteiger partial charge < -0.3 is 15.5 Å². The van der Waals surface area contributed by atoms with Crippen LogP contribution < -0.4 is 5.32 Å². The Morgan fingerprint density at radius 1 is 1.20 bits per heavy atom. The number of amides is 1. The fourth-order valence-electron chi connectivity index (χ4n) is 1.44. The Morgan fingerprint density at radius 3 is 2.30 bits per heavy atom. The number of carbonyl (C=O) groups excluding carboxylic acids is 1. The number of hydrogen-bond donors (Lipinski definition) is 3. The predicted molar refractivity (Wildman–Crippen MR) is 72.0 cm³/mol. The monoisotopic (exact) mass is 277 g/mol. The second-order valence-corrected chi connectivity index (χ2v) is 4.24. The molecule has 1 aromatic rings. The van der Waals surface area contributed by atoms with E-state index in [-0.39, 0.29) is 0 Å². The molecule has 0 aliphatic rings. The number of aliphatic carboxylic acids is 2. The Bertz CT molecular complexity index is 533. The third-order valence-electron chi connectivity index (χ3n) is 2.50. The minimum Gasteiger partial charge on any atom is -0.481 e. The number of hydrogen-bond acceptors (Lipinski definition) is 3. The third-order valence-corrected chi connectivity index (χ3v) is 2.50. The summed E-state index contributed by atoms with van der Waals surface area (Å²) in [6.45, 7) is 1.93. The molecule has 20 heavy (non-hydrogen) atoms. The van der Waals surface area contributed by atoms with Gasteiger partial charge in [0.05, 0.1) is 6.42 Å². The molecular weight excluding hydrogens is 262 g/mol. The standard InChI is InChI=1S/C14H15NO5/c1-9-2-4-10(5-3-9)6-7-12(16)15-11(14(19)20)8-13(17)18/h2-7,11H,8H2,1H3,(H,15,16)(H,17,18)(H,19,20)/b7-6+/t11-/m0/s1. The summed E-state index contributed by atoms with van der Waals surface area (Å²) in [5.41, 5.74) is 1.87. The van der Waals surface area contributed by atoms with Crippen LogP contribution in [0.2, 0.25) is 0 Å². The Morgan fingerprint density at radius 2 is 1.80 bits per heavy atom. The number of benzene rings is 1. The van der Waals surface area contributed by atoms with Crippen molar-refractivity contribution in [3.05, 3.63) is 41.5 Å². The van der Waals surface area contributed by atoms with Gasteiger partial charge in [-0.3, -0.25) is 9.59 Å². The number of carboxylic acids is 2. The van der Waals surface area contributed by atoms with Crippen LogP contribution in [-0.2, 0) is 14.4 Å². The highest BCUT2D eigenvalue weighted by atomic mass is 16.4. The fraction of sp³-hybridized carbons (Fsp3) is 0.214. The molecule has 0 bridgehead atoms. The molecule has 6 nitrogen and oxygen atoms in total. The van der Waals surface area contributed by atoms with Gasteiger partial charge in [-0.05, 0) is 18.6 Å². The molecule has 3 N–H and O–H groups in total. The van der Waals surface area contributed by atoms with Gasteiger partial charge in [0.25, 0.3) is 0 Å². The van der Waals surface area contributed by atoms with Crippen molar-refractivity contribution in [2.24, 2.45) is 0 Å². The van der Waals surface area contributed by atoms with E-state index in [0.717, 1.165) is 11.1 Å². The van der Waals surface area contributed by atoms with Crippen molar-refractivity contribution in [1.82, 2.24) is 5.32 Å². The Balaban J connectivity index is 2.63. The normalized spacial score (nSPS) is 12.1. The fourth-order valence-corrected chi connectivity index (χ4v) is 1.44. The minimum absolute atomic E-state index is 0.653. The van der Waals surface area contributed by atoms with Gasteiger partial charge >= 0.3 is 11.9 Å². The van der Waals surface area contributed by atoms with E-state index in [0.29, 0.717) is 0 Å². The van der Waals surface area contributed by atoms with Gasteiger partial charge in [-0.1, -0.05) is 29.8 Å². The van der Waals surface area contributed by atoms with E-state index in [9.17, 15) is 14.4 Å². The quantitative estimate of drug-likeness (QED) is 0.674. The highest BCUT2D eigenvalue weighted by molar-refractivity contribution is 5.95. The molecule has 0 saturated heterocycles. The van der Waals surface area contributed by atoms with Crippen molar-refractivity contribution in [2.75, 3.05) is 0 Å². The van der Waals surface area contributed by atoms with Crippen molar-refractivity contribution >= 4 is 23.9 Å². The molecule has 1 aromatic carbocycles. The molecule has 0 saturated carbocycles. The van der Waals surface area contributed by atoms with Crippen molar-refractivity contribution in [3.63, 3.8) is 0 Å². The van der Waals surface area contributed by atoms with Crippen LogP contribution in [0.4, 0.5) is 0 Å². The lowest BCUT2D eigenvalue weighted by Gasteiger charge is -2.10. The number of carbonyl (C=O) groups is 3. The van der Waals surface area contributed by atoms with E-state index < -0.39 is 30.3 Å². The molecule has 0 unspecified atom stereocenters. The van der Waals surface area contributed by atoms with E-state index in [4.69, 9.17) is 10.2 Å². The second-order valence-electron chi connectivity index (χ2n) is 4.24. The van der Waals surface area contributed by atoms with Gasteiger partial charge in [0, 0.05) is 6.08 Å². The summed E-state index contributed by atoms with van der Waals surface area (Å²) < 4.78 is 0. The lowest BCUT2D eigenvalue weighted by atomic mass is 10.1. The maximum atomic E-state index is 11.5. The summed E-state index contributed by atoms with van der Waals surface area (Å²) in [7, 11) is 0. The Kier molecular flexibility index (Phi) is 5.46. The van der Waals surface area contributed by atoms with Crippen molar-refractivity contribution in [2.45, 2.75) is 19.4 Å². The van der Waals surface area contributed by atoms with Crippen LogP contribution >= 0.6 is 0 Å². The predicted octanol–water partition coefficient (Wildman–Crippen LogP) is 1.05. The van der Waals surface area contributed by atoms with Crippen molar-refractivity contribution in [1.29, 1.82) is 0 Å². The van der Waals surface area contributed by atoms with Crippen LogP contribution in [0.25, 0.3) is 6.08 Å². The zero-order chi connectivity index (χ0) is 15.1. The van der Waals surface area contributed by atoms with E-state index in [1.807, 2.05) is 31.2 Å². The first-order valence-electron chi connectivity index (χ1n) is 5.88. The summed E-state index contributed by atoms with van der Waals surface area (Å²) in [5, 5.41) is 19.5.